The molecule has 1 amide bonds. The SMILES string of the molecule is CCCCN(C(=O)OCC)C1(C(=O)O)CCCCC1. The molecule has 0 spiro atoms. The number of carboxylic acid groups (broad SMARTS) is 1. The molecule has 0 radical (unpaired) electrons. The summed E-state index contributed by atoms with van der Waals surface area (Å²) in [4.78, 5) is 25.3. The number of aliphatic carboxylic acids is 1. The molecule has 1 N–H and O–H groups in total. The van der Waals surface area contributed by atoms with Crippen LogP contribution in [-0.2, 0) is 9.53 Å². The van der Waals surface area contributed by atoms with Crippen molar-refractivity contribution in [3.63, 3.8) is 0 Å². The van der Waals surface area contributed by atoms with E-state index in [1.807, 2.05) is 6.92 Å². The molecule has 110 valence electrons. The molecule has 1 aliphatic carbocycles. The number of hydrogen-bond acceptors (Lipinski definition) is 3. The van der Waals surface area contributed by atoms with Crippen molar-refractivity contribution in [2.75, 3.05) is 13.2 Å². The fourth-order valence-electron chi connectivity index (χ4n) is 2.73. The number of carbonyl (C=O) groups excluding carboxylic acids is 1. The predicted molar refractivity (Wildman–Crippen MR) is 72.1 cm³/mol. The Morgan fingerprint density at radius 1 is 1.21 bits per heavy atom. The van der Waals surface area contributed by atoms with E-state index in [-0.39, 0.29) is 6.61 Å². The molecule has 0 unspecified atom stereocenters. The van der Waals surface area contributed by atoms with Crippen LogP contribution in [-0.4, -0.2) is 40.8 Å². The van der Waals surface area contributed by atoms with E-state index in [0.717, 1.165) is 32.1 Å². The molecule has 1 saturated carbocycles. The van der Waals surface area contributed by atoms with Crippen molar-refractivity contribution in [1.29, 1.82) is 0 Å². The van der Waals surface area contributed by atoms with E-state index < -0.39 is 17.6 Å². The third kappa shape index (κ3) is 3.61. The molecule has 1 rings (SSSR count). The highest BCUT2D eigenvalue weighted by Crippen LogP contribution is 2.34. The van der Waals surface area contributed by atoms with Gasteiger partial charge < -0.3 is 9.84 Å². The molecule has 5 nitrogen and oxygen atoms in total. The van der Waals surface area contributed by atoms with Gasteiger partial charge in [0, 0.05) is 6.54 Å². The van der Waals surface area contributed by atoms with Gasteiger partial charge in [0.1, 0.15) is 5.54 Å². The standard InChI is InChI=1S/C14H25NO4/c1-3-5-11-15(13(18)19-4-2)14(12(16)17)9-7-6-8-10-14/h3-11H2,1-2H3,(H,16,17). The van der Waals surface area contributed by atoms with Crippen LogP contribution < -0.4 is 0 Å². The van der Waals surface area contributed by atoms with Gasteiger partial charge in [-0.3, -0.25) is 4.90 Å². The third-order valence-electron chi connectivity index (χ3n) is 3.82. The van der Waals surface area contributed by atoms with E-state index in [9.17, 15) is 14.7 Å². The monoisotopic (exact) mass is 271 g/mol. The Bertz CT molecular complexity index is 311. The summed E-state index contributed by atoms with van der Waals surface area (Å²) < 4.78 is 5.05. The molecule has 0 bridgehead atoms. The van der Waals surface area contributed by atoms with Crippen LogP contribution in [0.2, 0.25) is 0 Å². The van der Waals surface area contributed by atoms with E-state index in [4.69, 9.17) is 4.74 Å². The van der Waals surface area contributed by atoms with Crippen LogP contribution in [0.5, 0.6) is 0 Å². The molecule has 0 aliphatic heterocycles. The van der Waals surface area contributed by atoms with Crippen molar-refractivity contribution in [2.45, 2.75) is 64.3 Å². The molecule has 0 aromatic heterocycles. The largest absolute Gasteiger partial charge is 0.479 e. The zero-order valence-corrected chi connectivity index (χ0v) is 12.0. The second-order valence-electron chi connectivity index (χ2n) is 5.10. The Kier molecular flexibility index (Phi) is 6.12. The summed E-state index contributed by atoms with van der Waals surface area (Å²) in [6.45, 7) is 4.50. The molecular formula is C14H25NO4. The second kappa shape index (κ2) is 7.36. The van der Waals surface area contributed by atoms with Gasteiger partial charge in [-0.05, 0) is 26.2 Å². The van der Waals surface area contributed by atoms with E-state index in [0.29, 0.717) is 19.4 Å². The van der Waals surface area contributed by atoms with Crippen molar-refractivity contribution in [2.24, 2.45) is 0 Å². The van der Waals surface area contributed by atoms with Gasteiger partial charge in [-0.2, -0.15) is 0 Å². The van der Waals surface area contributed by atoms with Gasteiger partial charge in [-0.1, -0.05) is 32.6 Å². The van der Waals surface area contributed by atoms with Crippen LogP contribution in [0.25, 0.3) is 0 Å². The quantitative estimate of drug-likeness (QED) is 0.806. The van der Waals surface area contributed by atoms with Crippen LogP contribution >= 0.6 is 0 Å². The van der Waals surface area contributed by atoms with E-state index in [1.165, 1.54) is 4.90 Å². The summed E-state index contributed by atoms with van der Waals surface area (Å²) >= 11 is 0. The summed E-state index contributed by atoms with van der Waals surface area (Å²) in [5, 5.41) is 9.63. The fourth-order valence-corrected chi connectivity index (χ4v) is 2.73. The molecule has 0 aromatic rings. The highest BCUT2D eigenvalue weighted by atomic mass is 16.6. The van der Waals surface area contributed by atoms with Gasteiger partial charge >= 0.3 is 12.1 Å². The summed E-state index contributed by atoms with van der Waals surface area (Å²) in [7, 11) is 0. The van der Waals surface area contributed by atoms with Crippen LogP contribution in [0.1, 0.15) is 58.8 Å². The lowest BCUT2D eigenvalue weighted by atomic mass is 9.80. The van der Waals surface area contributed by atoms with E-state index in [2.05, 4.69) is 0 Å². The normalized spacial score (nSPS) is 17.8. The third-order valence-corrected chi connectivity index (χ3v) is 3.82. The van der Waals surface area contributed by atoms with Crippen molar-refractivity contribution in [1.82, 2.24) is 4.90 Å². The Balaban J connectivity index is 2.95. The predicted octanol–water partition coefficient (Wildman–Crippen LogP) is 3.03. The molecule has 1 aliphatic rings. The maximum Gasteiger partial charge on any atom is 0.410 e. The van der Waals surface area contributed by atoms with Gasteiger partial charge in [0.05, 0.1) is 6.61 Å². The number of rotatable bonds is 6. The average molecular weight is 271 g/mol. The number of unbranched alkanes of at least 4 members (excludes halogenated alkanes) is 1. The first-order valence-electron chi connectivity index (χ1n) is 7.26. The lowest BCUT2D eigenvalue weighted by molar-refractivity contribution is -0.153. The summed E-state index contributed by atoms with van der Waals surface area (Å²) in [5.41, 5.74) is -1.06. The lowest BCUT2D eigenvalue weighted by Gasteiger charge is -2.42. The number of nitrogens with zero attached hydrogens (tertiary/aromatic N) is 1. The van der Waals surface area contributed by atoms with Gasteiger partial charge in [0.25, 0.3) is 0 Å². The number of hydrogen-bond donors (Lipinski definition) is 1. The summed E-state index contributed by atoms with van der Waals surface area (Å²) in [5.74, 6) is -0.892. The van der Waals surface area contributed by atoms with Gasteiger partial charge in [-0.15, -0.1) is 0 Å². The molecule has 0 atom stereocenters. The first-order valence-corrected chi connectivity index (χ1v) is 7.26. The zero-order valence-electron chi connectivity index (χ0n) is 12.0. The number of carboxylic acids is 1. The summed E-state index contributed by atoms with van der Waals surface area (Å²) in [6.07, 6.45) is 5.05. The van der Waals surface area contributed by atoms with Crippen molar-refractivity contribution in [3.8, 4) is 0 Å². The second-order valence-corrected chi connectivity index (χ2v) is 5.10. The minimum absolute atomic E-state index is 0.275. The van der Waals surface area contributed by atoms with Gasteiger partial charge in [-0.25, -0.2) is 9.59 Å². The van der Waals surface area contributed by atoms with Crippen LogP contribution in [0.3, 0.4) is 0 Å². The van der Waals surface area contributed by atoms with Crippen molar-refractivity contribution >= 4 is 12.1 Å². The minimum atomic E-state index is -1.06. The highest BCUT2D eigenvalue weighted by Gasteiger charge is 2.47. The Hall–Kier alpha value is -1.26. The fraction of sp³-hybridized carbons (Fsp3) is 0.857. The molecule has 5 heteroatoms. The van der Waals surface area contributed by atoms with Crippen LogP contribution in [0.15, 0.2) is 0 Å². The maximum absolute atomic E-state index is 12.1. The number of carbonyl (C=O) groups is 2. The minimum Gasteiger partial charge on any atom is -0.479 e. The maximum atomic E-state index is 12.1. The molecule has 0 aromatic carbocycles. The lowest BCUT2D eigenvalue weighted by Crippen LogP contribution is -2.58. The van der Waals surface area contributed by atoms with Crippen LogP contribution in [0.4, 0.5) is 4.79 Å². The Morgan fingerprint density at radius 3 is 2.32 bits per heavy atom. The molecular weight excluding hydrogens is 246 g/mol. The van der Waals surface area contributed by atoms with Crippen LogP contribution in [0, 0.1) is 0 Å². The van der Waals surface area contributed by atoms with E-state index in [1.54, 1.807) is 6.92 Å². The molecule has 1 fully saturated rings. The van der Waals surface area contributed by atoms with Crippen molar-refractivity contribution < 1.29 is 19.4 Å². The Morgan fingerprint density at radius 2 is 1.84 bits per heavy atom. The summed E-state index contributed by atoms with van der Waals surface area (Å²) in [6, 6.07) is 0. The van der Waals surface area contributed by atoms with E-state index >= 15 is 0 Å². The van der Waals surface area contributed by atoms with Crippen molar-refractivity contribution in [3.05, 3.63) is 0 Å². The average Bonchev–Trinajstić information content (AvgIpc) is 2.40. The topological polar surface area (TPSA) is 66.8 Å². The van der Waals surface area contributed by atoms with Gasteiger partial charge in [0.15, 0.2) is 0 Å². The Labute approximate surface area is 114 Å². The van der Waals surface area contributed by atoms with Gasteiger partial charge in [0.2, 0.25) is 0 Å². The first-order chi connectivity index (χ1) is 9.08. The molecule has 19 heavy (non-hydrogen) atoms. The number of amides is 1. The first kappa shape index (κ1) is 15.8. The molecule has 0 saturated heterocycles. The number of ether oxygens (including phenoxy) is 1. The highest BCUT2D eigenvalue weighted by molar-refractivity contribution is 5.84. The molecule has 0 heterocycles. The smallest absolute Gasteiger partial charge is 0.410 e. The zero-order chi connectivity index (χ0) is 14.3.